The number of rotatable bonds is 15. The number of pyridine rings is 1. The van der Waals surface area contributed by atoms with Crippen molar-refractivity contribution in [1.82, 2.24) is 15.2 Å². The Kier molecular flexibility index (Phi) is 11.3. The zero-order valence-corrected chi connectivity index (χ0v) is 20.9. The van der Waals surface area contributed by atoms with Gasteiger partial charge in [-0.15, -0.1) is 0 Å². The molecule has 180 valence electrons. The summed E-state index contributed by atoms with van der Waals surface area (Å²) in [4.78, 5) is 6.66. The van der Waals surface area contributed by atoms with Crippen molar-refractivity contribution in [2.75, 3.05) is 13.3 Å². The van der Waals surface area contributed by atoms with Gasteiger partial charge in [-0.05, 0) is 48.5 Å². The van der Waals surface area contributed by atoms with Crippen LogP contribution in [-0.4, -0.2) is 28.3 Å². The predicted molar refractivity (Wildman–Crippen MR) is 138 cm³/mol. The molecule has 2 heterocycles. The molecular formula is C27H39N3O2S. The van der Waals surface area contributed by atoms with Crippen molar-refractivity contribution in [3.8, 4) is 11.5 Å². The Morgan fingerprint density at radius 2 is 1.64 bits per heavy atom. The molecule has 0 saturated heterocycles. The van der Waals surface area contributed by atoms with E-state index in [9.17, 15) is 0 Å². The second-order valence-electron chi connectivity index (χ2n) is 8.78. The van der Waals surface area contributed by atoms with E-state index in [2.05, 4.69) is 28.2 Å². The van der Waals surface area contributed by atoms with Crippen LogP contribution in [0, 0.1) is 0 Å². The fraction of sp³-hybridized carbons (Fsp3) is 0.556. The van der Waals surface area contributed by atoms with Crippen LogP contribution in [-0.2, 0) is 13.1 Å². The molecule has 0 unspecified atom stereocenters. The van der Waals surface area contributed by atoms with Crippen LogP contribution < -0.4 is 14.8 Å². The molecule has 1 aliphatic heterocycles. The highest BCUT2D eigenvalue weighted by Gasteiger charge is 2.16. The normalized spacial score (nSPS) is 12.0. The van der Waals surface area contributed by atoms with Gasteiger partial charge in [-0.1, -0.05) is 76.8 Å². The van der Waals surface area contributed by atoms with Crippen LogP contribution in [0.4, 0.5) is 0 Å². The van der Waals surface area contributed by atoms with Crippen molar-refractivity contribution < 1.29 is 9.47 Å². The van der Waals surface area contributed by atoms with E-state index in [1.54, 1.807) is 0 Å². The lowest BCUT2D eigenvalue weighted by Gasteiger charge is -2.26. The quantitative estimate of drug-likeness (QED) is 0.234. The Morgan fingerprint density at radius 3 is 2.36 bits per heavy atom. The van der Waals surface area contributed by atoms with Crippen LogP contribution in [0.1, 0.15) is 82.4 Å². The number of nitrogens with zero attached hydrogens (tertiary/aromatic N) is 2. The van der Waals surface area contributed by atoms with Crippen molar-refractivity contribution >= 4 is 17.3 Å². The van der Waals surface area contributed by atoms with Crippen LogP contribution in [0.5, 0.6) is 11.5 Å². The Labute approximate surface area is 204 Å². The molecule has 0 aliphatic carbocycles. The first-order valence-corrected chi connectivity index (χ1v) is 13.0. The molecule has 1 aliphatic rings. The molecule has 0 radical (unpaired) electrons. The maximum atomic E-state index is 5.77. The van der Waals surface area contributed by atoms with Crippen molar-refractivity contribution in [3.05, 3.63) is 53.9 Å². The van der Waals surface area contributed by atoms with Gasteiger partial charge in [0.1, 0.15) is 0 Å². The molecule has 6 heteroatoms. The molecule has 0 saturated carbocycles. The Morgan fingerprint density at radius 1 is 0.909 bits per heavy atom. The number of unbranched alkanes of at least 4 members (excludes halogenated alkanes) is 9. The van der Waals surface area contributed by atoms with E-state index < -0.39 is 0 Å². The van der Waals surface area contributed by atoms with Crippen LogP contribution in [0.15, 0.2) is 42.6 Å². The van der Waals surface area contributed by atoms with Gasteiger partial charge < -0.3 is 19.7 Å². The van der Waals surface area contributed by atoms with Gasteiger partial charge in [0.25, 0.3) is 0 Å². The fourth-order valence-electron chi connectivity index (χ4n) is 4.07. The molecule has 33 heavy (non-hydrogen) atoms. The number of fused-ring (bicyclic) bond motifs is 1. The minimum atomic E-state index is 0.287. The number of ether oxygens (including phenoxy) is 2. The van der Waals surface area contributed by atoms with Crippen molar-refractivity contribution in [2.45, 2.75) is 84.2 Å². The van der Waals surface area contributed by atoms with E-state index in [4.69, 9.17) is 21.7 Å². The Hall–Kier alpha value is -2.34. The Balaban J connectivity index is 1.41. The largest absolute Gasteiger partial charge is 0.454 e. The highest BCUT2D eigenvalue weighted by atomic mass is 32.1. The molecule has 1 N–H and O–H groups in total. The van der Waals surface area contributed by atoms with Crippen molar-refractivity contribution in [1.29, 1.82) is 0 Å². The van der Waals surface area contributed by atoms with Gasteiger partial charge in [-0.2, -0.15) is 0 Å². The van der Waals surface area contributed by atoms with Crippen LogP contribution in [0.2, 0.25) is 0 Å². The van der Waals surface area contributed by atoms with Crippen molar-refractivity contribution in [2.24, 2.45) is 0 Å². The SMILES string of the molecule is CCCCCCCCCCCCNC(=S)N(Cc1ccc2c(c1)OCO2)Cc1ccccn1. The lowest BCUT2D eigenvalue weighted by Crippen LogP contribution is -2.39. The van der Waals surface area contributed by atoms with Gasteiger partial charge in [-0.25, -0.2) is 0 Å². The third-order valence-corrected chi connectivity index (χ3v) is 6.39. The van der Waals surface area contributed by atoms with Gasteiger partial charge in [0.15, 0.2) is 16.6 Å². The average molecular weight is 470 g/mol. The third-order valence-electron chi connectivity index (χ3n) is 5.98. The zero-order chi connectivity index (χ0) is 23.1. The molecule has 1 aromatic heterocycles. The summed E-state index contributed by atoms with van der Waals surface area (Å²) in [5.41, 5.74) is 2.14. The summed E-state index contributed by atoms with van der Waals surface area (Å²) < 4.78 is 11.0. The number of nitrogens with one attached hydrogen (secondary N) is 1. The number of aromatic nitrogens is 1. The zero-order valence-electron chi connectivity index (χ0n) is 20.1. The summed E-state index contributed by atoms with van der Waals surface area (Å²) in [6, 6.07) is 12.1. The summed E-state index contributed by atoms with van der Waals surface area (Å²) in [5, 5.41) is 4.25. The highest BCUT2D eigenvalue weighted by molar-refractivity contribution is 7.80. The maximum Gasteiger partial charge on any atom is 0.231 e. The van der Waals surface area contributed by atoms with E-state index in [0.29, 0.717) is 13.1 Å². The van der Waals surface area contributed by atoms with E-state index in [1.807, 2.05) is 36.5 Å². The number of hydrogen-bond donors (Lipinski definition) is 1. The van der Waals surface area contributed by atoms with Gasteiger partial charge in [0.05, 0.1) is 12.2 Å². The van der Waals surface area contributed by atoms with E-state index >= 15 is 0 Å². The first-order valence-electron chi connectivity index (χ1n) is 12.6. The van der Waals surface area contributed by atoms with E-state index in [0.717, 1.165) is 40.8 Å². The number of thiocarbonyl (C=S) groups is 1. The predicted octanol–water partition coefficient (Wildman–Crippen LogP) is 6.61. The van der Waals surface area contributed by atoms with Gasteiger partial charge in [-0.3, -0.25) is 4.98 Å². The summed E-state index contributed by atoms with van der Waals surface area (Å²) in [5.74, 6) is 1.60. The molecule has 0 spiro atoms. The molecule has 5 nitrogen and oxygen atoms in total. The molecule has 0 fully saturated rings. The first-order chi connectivity index (χ1) is 16.3. The summed E-state index contributed by atoms with van der Waals surface area (Å²) in [6.07, 6.45) is 15.2. The number of benzene rings is 1. The first kappa shape index (κ1) is 25.3. The lowest BCUT2D eigenvalue weighted by atomic mass is 10.1. The monoisotopic (exact) mass is 469 g/mol. The minimum absolute atomic E-state index is 0.287. The fourth-order valence-corrected chi connectivity index (χ4v) is 4.30. The molecule has 0 atom stereocenters. The molecule has 2 aromatic rings. The molecular weight excluding hydrogens is 430 g/mol. The minimum Gasteiger partial charge on any atom is -0.454 e. The van der Waals surface area contributed by atoms with Crippen LogP contribution in [0.3, 0.4) is 0 Å². The van der Waals surface area contributed by atoms with E-state index in [1.165, 1.54) is 57.8 Å². The van der Waals surface area contributed by atoms with Crippen LogP contribution in [0.25, 0.3) is 0 Å². The van der Waals surface area contributed by atoms with Gasteiger partial charge in [0.2, 0.25) is 6.79 Å². The highest BCUT2D eigenvalue weighted by Crippen LogP contribution is 2.32. The van der Waals surface area contributed by atoms with E-state index in [-0.39, 0.29) is 6.79 Å². The molecule has 1 aromatic carbocycles. The second kappa shape index (κ2) is 14.7. The Bertz CT molecular complexity index is 831. The summed E-state index contributed by atoms with van der Waals surface area (Å²) in [6.45, 7) is 4.83. The van der Waals surface area contributed by atoms with Crippen LogP contribution >= 0.6 is 12.2 Å². The standard InChI is InChI=1S/C27H39N3O2S/c1-2-3-4-5-6-7-8-9-10-12-18-29-27(33)30(21-24-14-11-13-17-28-24)20-23-15-16-25-26(19-23)32-22-31-25/h11,13-17,19H,2-10,12,18,20-22H2,1H3,(H,29,33). The summed E-state index contributed by atoms with van der Waals surface area (Å²) >= 11 is 5.77. The molecule has 0 bridgehead atoms. The van der Waals surface area contributed by atoms with Gasteiger partial charge >= 0.3 is 0 Å². The number of hydrogen-bond acceptors (Lipinski definition) is 4. The smallest absolute Gasteiger partial charge is 0.231 e. The van der Waals surface area contributed by atoms with Crippen molar-refractivity contribution in [3.63, 3.8) is 0 Å². The third kappa shape index (κ3) is 9.20. The average Bonchev–Trinajstić information content (AvgIpc) is 3.30. The topological polar surface area (TPSA) is 46.6 Å². The summed E-state index contributed by atoms with van der Waals surface area (Å²) in [7, 11) is 0. The second-order valence-corrected chi connectivity index (χ2v) is 9.17. The molecule has 3 rings (SSSR count). The lowest BCUT2D eigenvalue weighted by molar-refractivity contribution is 0.174. The molecule has 0 amide bonds. The van der Waals surface area contributed by atoms with Gasteiger partial charge in [0, 0.05) is 19.3 Å². The maximum absolute atomic E-state index is 5.77.